The summed E-state index contributed by atoms with van der Waals surface area (Å²) < 4.78 is 16.4. The third-order valence-corrected chi connectivity index (χ3v) is 4.57. The lowest BCUT2D eigenvalue weighted by Crippen LogP contribution is -2.21. The number of nitrogens with two attached hydrogens (primary N) is 1. The van der Waals surface area contributed by atoms with E-state index in [1.165, 1.54) is 13.3 Å². The van der Waals surface area contributed by atoms with Gasteiger partial charge in [0.05, 0.1) is 25.5 Å². The normalized spacial score (nSPS) is 12.1. The van der Waals surface area contributed by atoms with Crippen molar-refractivity contribution in [2.45, 2.75) is 13.5 Å². The largest absolute Gasteiger partial charge is 0.489 e. The highest BCUT2D eigenvalue weighted by Crippen LogP contribution is 2.19. The Morgan fingerprint density at radius 3 is 2.62 bits per heavy atom. The standard InChI is InChI=1S/C24H31N5O3/c1-17(16-32-21-9-11-28-23(13-21)30-3)22(14-26)24(31-4)29-18(2)20-7-5-19(6-8-20)15-27-12-10-25/h5-9,11,13-14,26-27H,2,10,12,15-16,25H2,1,3-4H3/b22-17-,26-14?,29-24?. The molecule has 1 heterocycles. The molecule has 170 valence electrons. The van der Waals surface area contributed by atoms with Crippen LogP contribution in [0.25, 0.3) is 5.70 Å². The predicted octanol–water partition coefficient (Wildman–Crippen LogP) is 3.20. The van der Waals surface area contributed by atoms with Gasteiger partial charge in [0.2, 0.25) is 11.8 Å². The third kappa shape index (κ3) is 7.33. The van der Waals surface area contributed by atoms with Gasteiger partial charge in [-0.25, -0.2) is 9.98 Å². The fraction of sp³-hybridized carbons (Fsp3) is 0.292. The first kappa shape index (κ1) is 24.8. The van der Waals surface area contributed by atoms with E-state index in [4.69, 9.17) is 25.4 Å². The van der Waals surface area contributed by atoms with Gasteiger partial charge in [0.1, 0.15) is 12.4 Å². The quantitative estimate of drug-likeness (QED) is 0.267. The summed E-state index contributed by atoms with van der Waals surface area (Å²) in [6.07, 6.45) is 2.81. The van der Waals surface area contributed by atoms with E-state index in [9.17, 15) is 0 Å². The number of ether oxygens (including phenoxy) is 3. The summed E-state index contributed by atoms with van der Waals surface area (Å²) in [5.74, 6) is 1.38. The molecule has 2 rings (SSSR count). The van der Waals surface area contributed by atoms with Crippen LogP contribution in [0.4, 0.5) is 0 Å². The van der Waals surface area contributed by atoms with Crippen LogP contribution in [0.2, 0.25) is 0 Å². The second-order valence-corrected chi connectivity index (χ2v) is 6.89. The van der Waals surface area contributed by atoms with E-state index < -0.39 is 0 Å². The van der Waals surface area contributed by atoms with Crippen molar-refractivity contribution in [1.29, 1.82) is 5.41 Å². The second-order valence-electron chi connectivity index (χ2n) is 6.89. The minimum absolute atomic E-state index is 0.247. The molecule has 0 aliphatic carbocycles. The Hall–Kier alpha value is -3.49. The highest BCUT2D eigenvalue weighted by Gasteiger charge is 2.12. The summed E-state index contributed by atoms with van der Waals surface area (Å²) >= 11 is 0. The van der Waals surface area contributed by atoms with E-state index in [2.05, 4.69) is 21.9 Å². The Bertz CT molecular complexity index is 968. The average Bonchev–Trinajstić information content (AvgIpc) is 2.83. The zero-order valence-electron chi connectivity index (χ0n) is 18.9. The SMILES string of the molecule is C=C(N=C(OC)/C(C=N)=C(/C)COc1ccnc(OC)c1)c1ccc(CNCCN)cc1. The molecule has 32 heavy (non-hydrogen) atoms. The maximum atomic E-state index is 7.85. The Morgan fingerprint density at radius 2 is 2.00 bits per heavy atom. The monoisotopic (exact) mass is 437 g/mol. The molecule has 4 N–H and O–H groups in total. The fourth-order valence-electron chi connectivity index (χ4n) is 2.78. The van der Waals surface area contributed by atoms with Crippen LogP contribution in [0.1, 0.15) is 18.1 Å². The molecular weight excluding hydrogens is 406 g/mol. The zero-order valence-corrected chi connectivity index (χ0v) is 18.9. The van der Waals surface area contributed by atoms with Crippen LogP contribution in [0, 0.1) is 5.41 Å². The van der Waals surface area contributed by atoms with E-state index in [1.54, 1.807) is 25.4 Å². The minimum Gasteiger partial charge on any atom is -0.489 e. The molecule has 0 saturated heterocycles. The van der Waals surface area contributed by atoms with Crippen molar-refractivity contribution in [3.05, 3.63) is 71.4 Å². The Labute approximate surface area is 189 Å². The lowest BCUT2D eigenvalue weighted by Gasteiger charge is -2.13. The number of nitrogens with one attached hydrogen (secondary N) is 2. The number of methoxy groups -OCH3 is 2. The topological polar surface area (TPSA) is 115 Å². The van der Waals surface area contributed by atoms with Gasteiger partial charge in [-0.05, 0) is 29.7 Å². The molecule has 0 bridgehead atoms. The Balaban J connectivity index is 2.13. The molecule has 0 aliphatic rings. The molecular formula is C24H31N5O3. The number of aliphatic imine (C=N–C) groups is 1. The Kier molecular flexibility index (Phi) is 10.1. The highest BCUT2D eigenvalue weighted by atomic mass is 16.5. The summed E-state index contributed by atoms with van der Waals surface area (Å²) in [5.41, 5.74) is 9.35. The molecule has 0 atom stereocenters. The second kappa shape index (κ2) is 13.0. The molecule has 8 nitrogen and oxygen atoms in total. The van der Waals surface area contributed by atoms with Crippen molar-refractivity contribution in [3.63, 3.8) is 0 Å². The first-order valence-electron chi connectivity index (χ1n) is 10.2. The van der Waals surface area contributed by atoms with Crippen molar-refractivity contribution in [3.8, 4) is 11.6 Å². The van der Waals surface area contributed by atoms with Gasteiger partial charge in [-0.3, -0.25) is 0 Å². The fourth-order valence-corrected chi connectivity index (χ4v) is 2.78. The van der Waals surface area contributed by atoms with Crippen LogP contribution in [-0.2, 0) is 11.3 Å². The van der Waals surface area contributed by atoms with E-state index in [1.807, 2.05) is 31.2 Å². The van der Waals surface area contributed by atoms with Crippen LogP contribution in [0.15, 0.2) is 65.3 Å². The molecule has 0 fully saturated rings. The molecule has 0 spiro atoms. The van der Waals surface area contributed by atoms with Gasteiger partial charge < -0.3 is 30.7 Å². The lowest BCUT2D eigenvalue weighted by atomic mass is 10.1. The first-order chi connectivity index (χ1) is 15.5. The molecule has 0 saturated carbocycles. The van der Waals surface area contributed by atoms with Gasteiger partial charge in [-0.15, -0.1) is 0 Å². The zero-order chi connectivity index (χ0) is 23.3. The first-order valence-corrected chi connectivity index (χ1v) is 10.2. The van der Waals surface area contributed by atoms with Crippen LogP contribution < -0.4 is 20.5 Å². The number of pyridine rings is 1. The summed E-state index contributed by atoms with van der Waals surface area (Å²) in [6.45, 7) is 8.29. The van der Waals surface area contributed by atoms with Gasteiger partial charge in [0.15, 0.2) is 0 Å². The number of nitrogens with zero attached hydrogens (tertiary/aromatic N) is 2. The van der Waals surface area contributed by atoms with E-state index in [0.717, 1.165) is 29.8 Å². The lowest BCUT2D eigenvalue weighted by molar-refractivity contribution is 0.343. The highest BCUT2D eigenvalue weighted by molar-refractivity contribution is 6.13. The van der Waals surface area contributed by atoms with E-state index >= 15 is 0 Å². The number of hydrogen-bond acceptors (Lipinski definition) is 8. The summed E-state index contributed by atoms with van der Waals surface area (Å²) in [5, 5.41) is 11.1. The molecule has 1 aromatic heterocycles. The van der Waals surface area contributed by atoms with Crippen LogP contribution in [0.5, 0.6) is 11.6 Å². The summed E-state index contributed by atoms with van der Waals surface area (Å²) in [6, 6.07) is 11.4. The van der Waals surface area contributed by atoms with E-state index in [0.29, 0.717) is 35.3 Å². The van der Waals surface area contributed by atoms with Gasteiger partial charge in [0.25, 0.3) is 0 Å². The minimum atomic E-state index is 0.247. The van der Waals surface area contributed by atoms with Crippen molar-refractivity contribution >= 4 is 17.8 Å². The van der Waals surface area contributed by atoms with Crippen molar-refractivity contribution in [2.75, 3.05) is 33.9 Å². The van der Waals surface area contributed by atoms with Crippen LogP contribution in [0.3, 0.4) is 0 Å². The van der Waals surface area contributed by atoms with Crippen LogP contribution >= 0.6 is 0 Å². The van der Waals surface area contributed by atoms with E-state index in [-0.39, 0.29) is 6.61 Å². The number of benzene rings is 1. The van der Waals surface area contributed by atoms with Gasteiger partial charge in [-0.2, -0.15) is 0 Å². The Morgan fingerprint density at radius 1 is 1.25 bits per heavy atom. The number of hydrogen-bond donors (Lipinski definition) is 3. The summed E-state index contributed by atoms with van der Waals surface area (Å²) in [4.78, 5) is 8.57. The smallest absolute Gasteiger partial charge is 0.222 e. The third-order valence-electron chi connectivity index (χ3n) is 4.57. The number of rotatable bonds is 12. The molecule has 2 aromatic rings. The summed E-state index contributed by atoms with van der Waals surface area (Å²) in [7, 11) is 3.06. The van der Waals surface area contributed by atoms with Gasteiger partial charge in [-0.1, -0.05) is 30.8 Å². The van der Waals surface area contributed by atoms with Gasteiger partial charge in [0, 0.05) is 38.1 Å². The molecule has 1 aromatic carbocycles. The predicted molar refractivity (Wildman–Crippen MR) is 128 cm³/mol. The molecule has 8 heteroatoms. The average molecular weight is 438 g/mol. The van der Waals surface area contributed by atoms with Crippen molar-refractivity contribution in [2.24, 2.45) is 10.7 Å². The molecule has 0 amide bonds. The maximum absolute atomic E-state index is 7.85. The number of aromatic nitrogens is 1. The molecule has 0 aliphatic heterocycles. The maximum Gasteiger partial charge on any atom is 0.222 e. The van der Waals surface area contributed by atoms with Gasteiger partial charge >= 0.3 is 0 Å². The van der Waals surface area contributed by atoms with Crippen molar-refractivity contribution < 1.29 is 14.2 Å². The molecule has 0 unspecified atom stereocenters. The molecule has 0 radical (unpaired) electrons. The van der Waals surface area contributed by atoms with Crippen LogP contribution in [-0.4, -0.2) is 51.0 Å². The van der Waals surface area contributed by atoms with Crippen molar-refractivity contribution in [1.82, 2.24) is 10.3 Å².